The summed E-state index contributed by atoms with van der Waals surface area (Å²) in [4.78, 5) is 0. The van der Waals surface area contributed by atoms with E-state index in [0.29, 0.717) is 13.2 Å². The molecule has 0 heterocycles. The second-order valence-electron chi connectivity index (χ2n) is 3.93. The van der Waals surface area contributed by atoms with E-state index < -0.39 is 0 Å². The van der Waals surface area contributed by atoms with Crippen LogP contribution in [0.15, 0.2) is 54.6 Å². The topological polar surface area (TPSA) is 18.5 Å². The van der Waals surface area contributed by atoms with Crippen molar-refractivity contribution in [2.45, 2.75) is 6.42 Å². The van der Waals surface area contributed by atoms with Gasteiger partial charge in [0, 0.05) is 6.42 Å². The summed E-state index contributed by atoms with van der Waals surface area (Å²) in [5, 5.41) is 0. The highest BCUT2D eigenvalue weighted by atomic mass is 16.5. The summed E-state index contributed by atoms with van der Waals surface area (Å²) in [5.41, 5.74) is 0.745. The number of hydrogen-bond donors (Lipinski definition) is 0. The lowest BCUT2D eigenvalue weighted by atomic mass is 9.97. The molecule has 0 unspecified atom stereocenters. The average molecular weight is 238 g/mol. The van der Waals surface area contributed by atoms with Gasteiger partial charge in [-0.05, 0) is 24.3 Å². The van der Waals surface area contributed by atoms with Gasteiger partial charge in [0.25, 0.3) is 0 Å². The van der Waals surface area contributed by atoms with Gasteiger partial charge in [0.1, 0.15) is 19.3 Å². The summed E-state index contributed by atoms with van der Waals surface area (Å²) >= 11 is 0. The predicted octanol–water partition coefficient (Wildman–Crippen LogP) is 2.33. The Morgan fingerprint density at radius 2 is 1.28 bits per heavy atom. The fourth-order valence-electron chi connectivity index (χ4n) is 1.52. The molecule has 0 aliphatic heterocycles. The molecule has 2 aromatic carbocycles. The Balaban J connectivity index is 1.63. The van der Waals surface area contributed by atoms with Crippen LogP contribution in [0.2, 0.25) is 0 Å². The largest absolute Gasteiger partial charge is 0.493 e. The number of rotatable bonds is 6. The van der Waals surface area contributed by atoms with E-state index in [1.165, 1.54) is 0 Å². The van der Waals surface area contributed by atoms with E-state index in [4.69, 9.17) is 17.3 Å². The number of ether oxygens (including phenoxy) is 2. The zero-order valence-electron chi connectivity index (χ0n) is 10.2. The maximum atomic E-state index is 5.59. The Bertz CT molecular complexity index is 454. The molecule has 0 amide bonds. The van der Waals surface area contributed by atoms with Crippen LogP contribution in [0.1, 0.15) is 6.42 Å². The van der Waals surface area contributed by atoms with Gasteiger partial charge in [0.05, 0.1) is 13.2 Å². The maximum absolute atomic E-state index is 5.59. The molecule has 0 atom stereocenters. The molecule has 0 bridgehead atoms. The van der Waals surface area contributed by atoms with E-state index in [2.05, 4.69) is 0 Å². The van der Waals surface area contributed by atoms with Crippen LogP contribution >= 0.6 is 0 Å². The third-order valence-corrected chi connectivity index (χ3v) is 2.45. The van der Waals surface area contributed by atoms with Crippen LogP contribution in [-0.4, -0.2) is 21.1 Å². The Kier molecular flexibility index (Phi) is 4.71. The van der Waals surface area contributed by atoms with E-state index in [9.17, 15) is 0 Å². The minimum atomic E-state index is 0.636. The van der Waals surface area contributed by atoms with Crippen LogP contribution in [0.25, 0.3) is 0 Å². The molecule has 0 saturated carbocycles. The van der Waals surface area contributed by atoms with Gasteiger partial charge in [-0.25, -0.2) is 0 Å². The monoisotopic (exact) mass is 238 g/mol. The Hall–Kier alpha value is -1.90. The van der Waals surface area contributed by atoms with Crippen molar-refractivity contribution in [3.05, 3.63) is 54.6 Å². The van der Waals surface area contributed by atoms with E-state index in [0.717, 1.165) is 23.4 Å². The molecular weight excluding hydrogens is 223 g/mol. The van der Waals surface area contributed by atoms with Crippen molar-refractivity contribution in [3.63, 3.8) is 0 Å². The van der Waals surface area contributed by atoms with E-state index in [-0.39, 0.29) is 0 Å². The van der Waals surface area contributed by atoms with E-state index >= 15 is 0 Å². The lowest BCUT2D eigenvalue weighted by molar-refractivity contribution is 0.247. The molecule has 0 aliphatic carbocycles. The van der Waals surface area contributed by atoms with Crippen LogP contribution in [0, 0.1) is 0 Å². The molecule has 90 valence electrons. The molecule has 0 spiro atoms. The first kappa shape index (κ1) is 12.6. The highest BCUT2D eigenvalue weighted by Gasteiger charge is 1.94. The first-order valence-electron chi connectivity index (χ1n) is 6.01. The van der Waals surface area contributed by atoms with E-state index in [1.807, 2.05) is 54.6 Å². The van der Waals surface area contributed by atoms with Crippen molar-refractivity contribution in [2.24, 2.45) is 0 Å². The average Bonchev–Trinajstić information content (AvgIpc) is 2.42. The first-order chi connectivity index (χ1) is 8.84. The second kappa shape index (κ2) is 6.75. The summed E-state index contributed by atoms with van der Waals surface area (Å²) < 4.78 is 11.1. The van der Waals surface area contributed by atoms with Gasteiger partial charge in [-0.15, -0.1) is 0 Å². The van der Waals surface area contributed by atoms with Gasteiger partial charge in [0.15, 0.2) is 0 Å². The van der Waals surface area contributed by atoms with Gasteiger partial charge in [-0.2, -0.15) is 0 Å². The molecule has 0 aliphatic rings. The minimum Gasteiger partial charge on any atom is -0.493 e. The zero-order valence-corrected chi connectivity index (χ0v) is 10.2. The number of para-hydroxylation sites is 1. The Morgan fingerprint density at radius 3 is 1.89 bits per heavy atom. The highest BCUT2D eigenvalue weighted by molar-refractivity contribution is 6.32. The summed E-state index contributed by atoms with van der Waals surface area (Å²) in [6.45, 7) is 1.29. The van der Waals surface area contributed by atoms with Crippen LogP contribution in [0.5, 0.6) is 11.5 Å². The molecule has 2 nitrogen and oxygen atoms in total. The zero-order chi connectivity index (χ0) is 12.6. The molecule has 0 N–H and O–H groups in total. The van der Waals surface area contributed by atoms with Crippen LogP contribution in [-0.2, 0) is 0 Å². The molecule has 2 rings (SSSR count). The quantitative estimate of drug-likeness (QED) is 0.568. The number of hydrogen-bond acceptors (Lipinski definition) is 2. The summed E-state index contributed by atoms with van der Waals surface area (Å²) in [5.74, 6) is 1.73. The van der Waals surface area contributed by atoms with Crippen molar-refractivity contribution in [2.75, 3.05) is 13.2 Å². The summed E-state index contributed by atoms with van der Waals surface area (Å²) in [7, 11) is 5.59. The smallest absolute Gasteiger partial charge is 0.119 e. The van der Waals surface area contributed by atoms with Gasteiger partial charge < -0.3 is 9.47 Å². The van der Waals surface area contributed by atoms with Gasteiger partial charge in [-0.1, -0.05) is 35.8 Å². The summed E-state index contributed by atoms with van der Waals surface area (Å²) in [6, 6.07) is 17.2. The lowest BCUT2D eigenvalue weighted by Gasteiger charge is -2.08. The van der Waals surface area contributed by atoms with Gasteiger partial charge in [-0.3, -0.25) is 0 Å². The normalized spacial score (nSPS) is 10.0. The predicted molar refractivity (Wildman–Crippen MR) is 73.9 cm³/mol. The van der Waals surface area contributed by atoms with E-state index in [1.54, 1.807) is 0 Å². The lowest BCUT2D eigenvalue weighted by Crippen LogP contribution is -2.06. The minimum absolute atomic E-state index is 0.636. The molecule has 0 fully saturated rings. The van der Waals surface area contributed by atoms with Crippen LogP contribution in [0.3, 0.4) is 0 Å². The SMILES string of the molecule is [B]c1ccc(OCCCOc2ccccc2)cc1. The van der Waals surface area contributed by atoms with Crippen molar-refractivity contribution in [3.8, 4) is 11.5 Å². The van der Waals surface area contributed by atoms with Crippen molar-refractivity contribution < 1.29 is 9.47 Å². The molecule has 2 aromatic rings. The first-order valence-corrected chi connectivity index (χ1v) is 6.01. The Labute approximate surface area is 109 Å². The third kappa shape index (κ3) is 4.17. The molecule has 0 saturated heterocycles. The maximum Gasteiger partial charge on any atom is 0.119 e. The number of benzene rings is 2. The van der Waals surface area contributed by atoms with Gasteiger partial charge >= 0.3 is 0 Å². The summed E-state index contributed by atoms with van der Waals surface area (Å²) in [6.07, 6.45) is 0.846. The molecule has 0 aromatic heterocycles. The molecule has 18 heavy (non-hydrogen) atoms. The third-order valence-electron chi connectivity index (χ3n) is 2.45. The fraction of sp³-hybridized carbons (Fsp3) is 0.200. The van der Waals surface area contributed by atoms with Gasteiger partial charge in [0.2, 0.25) is 0 Å². The second-order valence-corrected chi connectivity index (χ2v) is 3.93. The van der Waals surface area contributed by atoms with Crippen molar-refractivity contribution >= 4 is 13.3 Å². The molecular formula is C15H15BO2. The highest BCUT2D eigenvalue weighted by Crippen LogP contribution is 2.09. The Morgan fingerprint density at radius 1 is 0.722 bits per heavy atom. The molecule has 3 heteroatoms. The van der Waals surface area contributed by atoms with Crippen LogP contribution < -0.4 is 14.9 Å². The molecule has 2 radical (unpaired) electrons. The standard InChI is InChI=1S/C15H15BO2/c16-13-7-9-15(10-8-13)18-12-4-11-17-14-5-2-1-3-6-14/h1-3,5-10H,4,11-12H2. The van der Waals surface area contributed by atoms with Crippen molar-refractivity contribution in [1.29, 1.82) is 0 Å². The van der Waals surface area contributed by atoms with Crippen LogP contribution in [0.4, 0.5) is 0 Å². The fourth-order valence-corrected chi connectivity index (χ4v) is 1.52. The van der Waals surface area contributed by atoms with Crippen molar-refractivity contribution in [1.82, 2.24) is 0 Å².